The lowest BCUT2D eigenvalue weighted by molar-refractivity contribution is -0.117. The first-order valence-corrected chi connectivity index (χ1v) is 18.2. The quantitative estimate of drug-likeness (QED) is 0.148. The molecule has 3 rings (SSSR count). The number of primary amides is 1. The van der Waals surface area contributed by atoms with Crippen molar-refractivity contribution in [3.8, 4) is 0 Å². The fourth-order valence-corrected chi connectivity index (χ4v) is 7.09. The fraction of sp³-hybridized carbons (Fsp3) is 0.647. The van der Waals surface area contributed by atoms with Crippen LogP contribution in [0.3, 0.4) is 0 Å². The van der Waals surface area contributed by atoms with E-state index in [1.165, 1.54) is 39.4 Å². The zero-order valence-corrected chi connectivity index (χ0v) is 30.5. The van der Waals surface area contributed by atoms with Crippen molar-refractivity contribution < 1.29 is 51.2 Å². The van der Waals surface area contributed by atoms with Gasteiger partial charge in [-0.3, -0.25) is 9.35 Å². The van der Waals surface area contributed by atoms with Crippen LogP contribution in [0.2, 0.25) is 0 Å². The molecule has 7 N–H and O–H groups in total. The molecule has 0 aromatic rings. The van der Waals surface area contributed by atoms with Gasteiger partial charge in [0, 0.05) is 44.5 Å². The number of aliphatic hydroxyl groups is 2. The number of methoxy groups -OCH3 is 2. The van der Waals surface area contributed by atoms with E-state index in [1.54, 1.807) is 26.0 Å². The van der Waals surface area contributed by atoms with E-state index in [4.69, 9.17) is 24.1 Å². The Morgan fingerprint density at radius 2 is 1.80 bits per heavy atom. The zero-order valence-electron chi connectivity index (χ0n) is 29.7. The number of ether oxygens (including phenoxy) is 3. The molecule has 0 saturated carbocycles. The smallest absolute Gasteiger partial charge is 0.405 e. The summed E-state index contributed by atoms with van der Waals surface area (Å²) in [7, 11) is -2.17. The molecular formula is C34H54N4O11S. The lowest BCUT2D eigenvalue weighted by Gasteiger charge is -2.34. The number of nitrogens with zero attached hydrogens (tertiary/aromatic N) is 1. The predicted octanol–water partition coefficient (Wildman–Crippen LogP) is 1.86. The summed E-state index contributed by atoms with van der Waals surface area (Å²) >= 11 is 0. The van der Waals surface area contributed by atoms with Gasteiger partial charge < -0.3 is 45.7 Å². The molecule has 8 atom stereocenters. The Hall–Kier alpha value is -3.09. The van der Waals surface area contributed by atoms with E-state index in [9.17, 15) is 32.8 Å². The van der Waals surface area contributed by atoms with Gasteiger partial charge in [-0.05, 0) is 75.8 Å². The van der Waals surface area contributed by atoms with E-state index in [2.05, 4.69) is 15.5 Å². The standard InChI is InChI=1S/C34H54N4O11S/c1-20-16-24-29(36-12-15-38-13-7-8-14-38)26(39)19-25(32(24)49-50(43,44)45)37-33(41)21(2)10-9-11-27(46-5)31(48-34(35)42)23(4)18-22(3)30(40)28(17-20)47-6/h9-11,18-20,22,26-28,30-32,36,39-40H,7-8,12-17H2,1-6H3,(H2,35,42)(H,37,41)(H,43,44,45)/b11-9+,21-10-,23-18+/t20-,22+,26?,27-,28+,30+,31-,32?/m1/s1. The molecular weight excluding hydrogens is 672 g/mol. The molecule has 1 fully saturated rings. The van der Waals surface area contributed by atoms with Crippen molar-refractivity contribution in [3.05, 3.63) is 58.5 Å². The van der Waals surface area contributed by atoms with E-state index in [1.807, 2.05) is 6.92 Å². The van der Waals surface area contributed by atoms with Gasteiger partial charge in [0.2, 0.25) is 0 Å². The predicted molar refractivity (Wildman–Crippen MR) is 186 cm³/mol. The van der Waals surface area contributed by atoms with Crippen LogP contribution in [0.25, 0.3) is 0 Å². The number of rotatable bonds is 9. The minimum Gasteiger partial charge on any atom is -0.439 e. The van der Waals surface area contributed by atoms with Crippen LogP contribution in [-0.4, -0.2) is 117 Å². The van der Waals surface area contributed by atoms with E-state index in [-0.39, 0.29) is 30.0 Å². The van der Waals surface area contributed by atoms with Crippen molar-refractivity contribution >= 4 is 22.4 Å². The number of aliphatic hydroxyl groups excluding tert-OH is 2. The SMILES string of the molecule is CO[C@H]1C[C@H](C)CC2=C(NCCN3CCCC3)C(O)C=C(NC(=O)/C(C)=C\C=C\[C@@H](OC)[C@H](OC(N)=O)/C(C)=C/[C@H](C)[C@@H]1O)C2OS(=O)(=O)O. The van der Waals surface area contributed by atoms with Crippen molar-refractivity contribution in [1.29, 1.82) is 0 Å². The minimum absolute atomic E-state index is 0.0801. The normalized spacial score (nSPS) is 33.8. The zero-order chi connectivity index (χ0) is 37.2. The lowest BCUT2D eigenvalue weighted by Crippen LogP contribution is -2.43. The topological polar surface area (TPSA) is 219 Å². The third kappa shape index (κ3) is 12.0. The Morgan fingerprint density at radius 3 is 2.40 bits per heavy atom. The van der Waals surface area contributed by atoms with Crippen LogP contribution in [0, 0.1) is 11.8 Å². The van der Waals surface area contributed by atoms with E-state index >= 15 is 0 Å². The highest BCUT2D eigenvalue weighted by molar-refractivity contribution is 7.80. The molecule has 1 saturated heterocycles. The molecule has 2 aliphatic heterocycles. The van der Waals surface area contributed by atoms with E-state index < -0.39 is 64.9 Å². The van der Waals surface area contributed by atoms with E-state index in [0.29, 0.717) is 29.9 Å². The largest absolute Gasteiger partial charge is 0.439 e. The second kappa shape index (κ2) is 18.9. The van der Waals surface area contributed by atoms with Gasteiger partial charge in [-0.15, -0.1) is 0 Å². The monoisotopic (exact) mass is 726 g/mol. The van der Waals surface area contributed by atoms with Gasteiger partial charge in [-0.25, -0.2) is 8.98 Å². The highest BCUT2D eigenvalue weighted by atomic mass is 32.3. The van der Waals surface area contributed by atoms with Gasteiger partial charge in [0.15, 0.2) is 6.10 Å². The summed E-state index contributed by atoms with van der Waals surface area (Å²) in [6, 6.07) is 0. The third-order valence-electron chi connectivity index (χ3n) is 9.21. The molecule has 0 radical (unpaired) electrons. The summed E-state index contributed by atoms with van der Waals surface area (Å²) in [6.45, 7) is 9.93. The molecule has 15 nitrogen and oxygen atoms in total. The van der Waals surface area contributed by atoms with Crippen LogP contribution in [0.4, 0.5) is 4.79 Å². The van der Waals surface area contributed by atoms with Crippen molar-refractivity contribution in [2.75, 3.05) is 40.4 Å². The summed E-state index contributed by atoms with van der Waals surface area (Å²) < 4.78 is 56.2. The minimum atomic E-state index is -5.05. The summed E-state index contributed by atoms with van der Waals surface area (Å²) in [5.74, 6) is -1.44. The van der Waals surface area contributed by atoms with Crippen molar-refractivity contribution in [3.63, 3.8) is 0 Å². The Bertz CT molecular complexity index is 1450. The fourth-order valence-electron chi connectivity index (χ4n) is 6.63. The second-order valence-electron chi connectivity index (χ2n) is 13.2. The average Bonchev–Trinajstić information content (AvgIpc) is 3.56. The highest BCUT2D eigenvalue weighted by Gasteiger charge is 2.37. The molecule has 50 heavy (non-hydrogen) atoms. The number of hydrogen-bond acceptors (Lipinski definition) is 12. The van der Waals surface area contributed by atoms with Crippen molar-refractivity contribution in [2.45, 2.75) is 90.0 Å². The van der Waals surface area contributed by atoms with Crippen LogP contribution in [0.1, 0.15) is 53.4 Å². The average molecular weight is 727 g/mol. The van der Waals surface area contributed by atoms with Crippen LogP contribution < -0.4 is 16.4 Å². The number of allylic oxidation sites excluding steroid dienone is 2. The maximum Gasteiger partial charge on any atom is 0.405 e. The van der Waals surface area contributed by atoms with Crippen LogP contribution in [-0.2, 0) is 33.6 Å². The Morgan fingerprint density at radius 1 is 1.12 bits per heavy atom. The molecule has 0 spiro atoms. The van der Waals surface area contributed by atoms with E-state index in [0.717, 1.165) is 25.9 Å². The summed E-state index contributed by atoms with van der Waals surface area (Å²) in [6.07, 6.45) is 2.88. The molecule has 2 unspecified atom stereocenters. The molecule has 0 aromatic heterocycles. The number of carbonyl (C=O) groups excluding carboxylic acids is 2. The van der Waals surface area contributed by atoms with Gasteiger partial charge in [0.05, 0.1) is 17.9 Å². The number of likely N-dealkylation sites (tertiary alicyclic amines) is 1. The third-order valence-corrected chi connectivity index (χ3v) is 9.65. The molecule has 1 aliphatic carbocycles. The maximum atomic E-state index is 13.4. The Labute approximate surface area is 295 Å². The number of nitrogens with one attached hydrogen (secondary N) is 2. The first-order valence-electron chi connectivity index (χ1n) is 16.8. The molecule has 2 bridgehead atoms. The molecule has 2 heterocycles. The summed E-state index contributed by atoms with van der Waals surface area (Å²) in [5, 5.41) is 28.7. The Kier molecular flexibility index (Phi) is 15.7. The highest BCUT2D eigenvalue weighted by Crippen LogP contribution is 2.34. The molecule has 0 aromatic carbocycles. The van der Waals surface area contributed by atoms with Gasteiger partial charge in [-0.2, -0.15) is 8.42 Å². The molecule has 2 amide bonds. The van der Waals surface area contributed by atoms with Crippen LogP contribution in [0.15, 0.2) is 58.5 Å². The lowest BCUT2D eigenvalue weighted by atomic mass is 9.84. The van der Waals surface area contributed by atoms with Gasteiger partial charge in [-0.1, -0.05) is 38.2 Å². The molecule has 282 valence electrons. The molecule has 16 heteroatoms. The molecule has 3 aliphatic rings. The van der Waals surface area contributed by atoms with Gasteiger partial charge in [0.1, 0.15) is 18.3 Å². The van der Waals surface area contributed by atoms with Gasteiger partial charge in [0.25, 0.3) is 5.91 Å². The van der Waals surface area contributed by atoms with Crippen LogP contribution in [0.5, 0.6) is 0 Å². The number of amides is 2. The van der Waals surface area contributed by atoms with Crippen LogP contribution >= 0.6 is 0 Å². The number of hydrogen-bond donors (Lipinski definition) is 6. The summed E-state index contributed by atoms with van der Waals surface area (Å²) in [4.78, 5) is 27.5. The van der Waals surface area contributed by atoms with Gasteiger partial charge >= 0.3 is 16.5 Å². The maximum absolute atomic E-state index is 13.4. The first kappa shape index (κ1) is 41.3. The second-order valence-corrected chi connectivity index (χ2v) is 14.3. The Balaban J connectivity index is 2.12. The van der Waals surface area contributed by atoms with Crippen molar-refractivity contribution in [1.82, 2.24) is 15.5 Å². The number of carbonyl (C=O) groups is 2. The first-order chi connectivity index (χ1) is 23.5. The number of nitrogens with two attached hydrogens (primary N) is 1. The number of fused-ring (bicyclic) bond motifs is 2. The van der Waals surface area contributed by atoms with Crippen molar-refractivity contribution in [2.24, 2.45) is 17.6 Å². The summed E-state index contributed by atoms with van der Waals surface area (Å²) in [5.41, 5.74) is 6.65.